The second-order valence-corrected chi connectivity index (χ2v) is 15.3. The van der Waals surface area contributed by atoms with Crippen LogP contribution in [0.4, 0.5) is 21.7 Å². The molecule has 0 saturated carbocycles. The number of rotatable bonds is 18. The lowest BCUT2D eigenvalue weighted by atomic mass is 10.2. The van der Waals surface area contributed by atoms with Crippen molar-refractivity contribution in [2.75, 3.05) is 43.5 Å². The molecule has 3 N–H and O–H groups in total. The molecule has 0 radical (unpaired) electrons. The fourth-order valence-electron chi connectivity index (χ4n) is 4.96. The topological polar surface area (TPSA) is 153 Å². The number of nitrogens with one attached hydrogen (secondary N) is 3. The highest BCUT2D eigenvalue weighted by atomic mass is 31.2. The van der Waals surface area contributed by atoms with Gasteiger partial charge in [-0.1, -0.05) is 13.0 Å². The van der Waals surface area contributed by atoms with Crippen LogP contribution in [0.2, 0.25) is 0 Å². The van der Waals surface area contributed by atoms with E-state index in [1.54, 1.807) is 12.1 Å². The lowest BCUT2D eigenvalue weighted by Gasteiger charge is -2.31. The van der Waals surface area contributed by atoms with Crippen LogP contribution >= 0.6 is 7.82 Å². The third kappa shape index (κ3) is 13.1. The molecule has 15 heteroatoms. The highest BCUT2D eigenvalue weighted by Gasteiger charge is 2.37. The lowest BCUT2D eigenvalue weighted by Crippen LogP contribution is -2.31. The number of anilines is 3. The number of hydrogen-bond donors (Lipinski definition) is 3. The van der Waals surface area contributed by atoms with E-state index in [0.717, 1.165) is 31.3 Å². The van der Waals surface area contributed by atoms with Crippen LogP contribution in [0.25, 0.3) is 10.9 Å². The van der Waals surface area contributed by atoms with E-state index in [2.05, 4.69) is 42.6 Å². The molecule has 2 aromatic heterocycles. The summed E-state index contributed by atoms with van der Waals surface area (Å²) in [5.74, 6) is 0.971. The van der Waals surface area contributed by atoms with Gasteiger partial charge < -0.3 is 20.3 Å². The monoisotopic (exact) mass is 713 g/mol. The fraction of sp³-hybridized carbons (Fsp3) is 0.486. The summed E-state index contributed by atoms with van der Waals surface area (Å²) in [6.07, 6.45) is 3.21. The first-order chi connectivity index (χ1) is 23.6. The molecule has 0 spiro atoms. The minimum absolute atomic E-state index is 0.0291. The maximum atomic E-state index is 13.4. The van der Waals surface area contributed by atoms with Crippen molar-refractivity contribution in [2.24, 2.45) is 0 Å². The molecule has 4 aromatic rings. The largest absolute Gasteiger partial charge is 0.493 e. The molecule has 1 amide bonds. The first kappa shape index (κ1) is 38.9. The number of aromatic nitrogens is 4. The summed E-state index contributed by atoms with van der Waals surface area (Å²) in [5.41, 5.74) is 0.268. The Hall–Kier alpha value is -3.94. The van der Waals surface area contributed by atoms with Gasteiger partial charge in [0.2, 0.25) is 5.91 Å². The number of fused-ring (bicyclic) bond motifs is 1. The predicted molar refractivity (Wildman–Crippen MR) is 192 cm³/mol. The molecule has 0 aliphatic heterocycles. The quantitative estimate of drug-likeness (QED) is 0.0688. The second-order valence-electron chi connectivity index (χ2n) is 13.8. The van der Waals surface area contributed by atoms with Gasteiger partial charge in [0.15, 0.2) is 5.82 Å². The number of aromatic amines is 1. The average Bonchev–Trinajstić information content (AvgIpc) is 3.43. The van der Waals surface area contributed by atoms with E-state index in [1.807, 2.05) is 59.7 Å². The number of halogens is 1. The molecule has 50 heavy (non-hydrogen) atoms. The summed E-state index contributed by atoms with van der Waals surface area (Å²) in [4.78, 5) is 23.4. The molecule has 0 atom stereocenters. The smallest absolute Gasteiger partial charge is 0.475 e. The van der Waals surface area contributed by atoms with Gasteiger partial charge in [-0.2, -0.15) is 5.10 Å². The summed E-state index contributed by atoms with van der Waals surface area (Å²) in [7, 11) is -3.77. The number of phosphoric ester groups is 1. The highest BCUT2D eigenvalue weighted by molar-refractivity contribution is 7.48. The van der Waals surface area contributed by atoms with Crippen LogP contribution < -0.4 is 15.4 Å². The minimum Gasteiger partial charge on any atom is -0.493 e. The SMILES string of the molecule is CCCN(CCCOc1ccc2c(Nc3cc(CC(=O)Nc4cccc(F)c4)[nH]n3)ncnc2c1)CCOP(=O)(OC(C)(C)C)OC(C)(C)C. The Kier molecular flexibility index (Phi) is 13.5. The van der Waals surface area contributed by atoms with Crippen molar-refractivity contribution in [1.82, 2.24) is 25.1 Å². The number of amides is 1. The average molecular weight is 714 g/mol. The molecule has 13 nitrogen and oxygen atoms in total. The van der Waals surface area contributed by atoms with E-state index in [0.29, 0.717) is 47.4 Å². The predicted octanol–water partition coefficient (Wildman–Crippen LogP) is 7.65. The van der Waals surface area contributed by atoms with Gasteiger partial charge in [-0.25, -0.2) is 18.9 Å². The Balaban J connectivity index is 1.27. The van der Waals surface area contributed by atoms with E-state index < -0.39 is 24.8 Å². The Morgan fingerprint density at radius 2 is 1.72 bits per heavy atom. The molecular formula is C35H49FN7O6P. The normalized spacial score (nSPS) is 12.4. The number of H-pyrrole nitrogens is 1. The summed E-state index contributed by atoms with van der Waals surface area (Å²) < 4.78 is 50.0. The van der Waals surface area contributed by atoms with Gasteiger partial charge in [0, 0.05) is 42.0 Å². The molecule has 0 fully saturated rings. The summed E-state index contributed by atoms with van der Waals surface area (Å²) in [6, 6.07) is 13.0. The van der Waals surface area contributed by atoms with Crippen molar-refractivity contribution in [3.05, 3.63) is 66.4 Å². The van der Waals surface area contributed by atoms with Crippen molar-refractivity contribution >= 4 is 42.0 Å². The second kappa shape index (κ2) is 17.3. The number of ether oxygens (including phenoxy) is 1. The van der Waals surface area contributed by atoms with E-state index >= 15 is 0 Å². The standard InChI is InChI=1S/C35H49FN7O6P/c1-8-15-43(17-19-47-50(45,48-34(2,3)4)49-35(5,6)7)16-10-18-46-28-13-14-29-30(23-28)37-24-38-33(29)40-31-21-27(41-42-31)22-32(44)39-26-12-9-11-25(36)20-26/h9,11-14,20-21,23-24H,8,10,15-19,22H2,1-7H3,(H,39,44)(H2,37,38,40,41,42). The zero-order valence-electron chi connectivity index (χ0n) is 29.9. The number of benzene rings is 2. The van der Waals surface area contributed by atoms with Gasteiger partial charge in [0.1, 0.15) is 23.7 Å². The summed E-state index contributed by atoms with van der Waals surface area (Å²) in [5, 5.41) is 13.7. The van der Waals surface area contributed by atoms with E-state index in [-0.39, 0.29) is 18.9 Å². The molecule has 4 rings (SSSR count). The molecule has 0 aliphatic carbocycles. The Morgan fingerprint density at radius 1 is 0.960 bits per heavy atom. The minimum atomic E-state index is -3.77. The zero-order valence-corrected chi connectivity index (χ0v) is 30.8. The van der Waals surface area contributed by atoms with Crippen LogP contribution in [0.15, 0.2) is 54.9 Å². The maximum Gasteiger partial charge on any atom is 0.475 e. The van der Waals surface area contributed by atoms with Crippen molar-refractivity contribution < 1.29 is 32.1 Å². The zero-order chi connectivity index (χ0) is 36.4. The molecule has 272 valence electrons. The van der Waals surface area contributed by atoms with Crippen molar-refractivity contribution in [1.29, 1.82) is 0 Å². The van der Waals surface area contributed by atoms with Crippen LogP contribution in [0.3, 0.4) is 0 Å². The summed E-state index contributed by atoms with van der Waals surface area (Å²) >= 11 is 0. The molecule has 0 bridgehead atoms. The molecule has 2 aromatic carbocycles. The molecule has 0 aliphatic rings. The van der Waals surface area contributed by atoms with Crippen LogP contribution in [0, 0.1) is 5.82 Å². The lowest BCUT2D eigenvalue weighted by molar-refractivity contribution is -0.115. The van der Waals surface area contributed by atoms with Gasteiger partial charge in [0.05, 0.1) is 36.4 Å². The third-order valence-electron chi connectivity index (χ3n) is 6.80. The number of carbonyl (C=O) groups excluding carboxylic acids is 1. The van der Waals surface area contributed by atoms with E-state index in [1.165, 1.54) is 24.5 Å². The number of phosphoric acid groups is 1. The van der Waals surface area contributed by atoms with Gasteiger partial charge >= 0.3 is 7.82 Å². The van der Waals surface area contributed by atoms with Gasteiger partial charge in [-0.05, 0) is 91.3 Å². The fourth-order valence-corrected chi connectivity index (χ4v) is 6.75. The van der Waals surface area contributed by atoms with Gasteiger partial charge in [0.25, 0.3) is 0 Å². The van der Waals surface area contributed by atoms with E-state index in [4.69, 9.17) is 18.3 Å². The van der Waals surface area contributed by atoms with Crippen LogP contribution in [-0.4, -0.2) is 75.0 Å². The highest BCUT2D eigenvalue weighted by Crippen LogP contribution is 2.55. The molecule has 2 heterocycles. The first-order valence-electron chi connectivity index (χ1n) is 16.7. The maximum absolute atomic E-state index is 13.4. The van der Waals surface area contributed by atoms with Crippen molar-refractivity contribution in [2.45, 2.75) is 78.9 Å². The molecule has 0 saturated heterocycles. The molecule has 0 unspecified atom stereocenters. The van der Waals surface area contributed by atoms with Gasteiger partial charge in [-0.15, -0.1) is 0 Å². The van der Waals surface area contributed by atoms with Crippen LogP contribution in [0.1, 0.15) is 67.0 Å². The van der Waals surface area contributed by atoms with Crippen molar-refractivity contribution in [3.8, 4) is 5.75 Å². The Bertz CT molecular complexity index is 1740. The molecular weight excluding hydrogens is 664 g/mol. The van der Waals surface area contributed by atoms with Gasteiger partial charge in [-0.3, -0.25) is 23.5 Å². The van der Waals surface area contributed by atoms with Crippen LogP contribution in [0.5, 0.6) is 5.75 Å². The number of nitrogens with zero attached hydrogens (tertiary/aromatic N) is 4. The van der Waals surface area contributed by atoms with E-state index in [9.17, 15) is 13.8 Å². The third-order valence-corrected chi connectivity index (χ3v) is 8.84. The summed E-state index contributed by atoms with van der Waals surface area (Å²) in [6.45, 7) is 15.9. The van der Waals surface area contributed by atoms with Crippen LogP contribution in [-0.2, 0) is 29.4 Å². The number of hydrogen-bond acceptors (Lipinski definition) is 11. The Morgan fingerprint density at radius 3 is 2.42 bits per heavy atom. The number of carbonyl (C=O) groups is 1. The Labute approximate surface area is 293 Å². The van der Waals surface area contributed by atoms with Crippen molar-refractivity contribution in [3.63, 3.8) is 0 Å². The first-order valence-corrected chi connectivity index (χ1v) is 18.2.